The Morgan fingerprint density at radius 2 is 1.90 bits per heavy atom. The normalized spacial score (nSPS) is 11.5. The van der Waals surface area contributed by atoms with Crippen LogP contribution in [0.1, 0.15) is 30.1 Å². The van der Waals surface area contributed by atoms with Gasteiger partial charge in [-0.2, -0.15) is 0 Å². The van der Waals surface area contributed by atoms with Crippen molar-refractivity contribution < 1.29 is 27.3 Å². The fourth-order valence-corrected chi connectivity index (χ4v) is 3.83. The monoisotopic (exact) mass is 446 g/mol. The van der Waals surface area contributed by atoms with Gasteiger partial charge in [-0.3, -0.25) is 10.1 Å². The highest BCUT2D eigenvalue weighted by Gasteiger charge is 2.19. The molecule has 0 fully saturated rings. The first-order valence-electron chi connectivity index (χ1n) is 9.02. The van der Waals surface area contributed by atoms with Gasteiger partial charge in [-0.15, -0.1) is 10.2 Å². The fraction of sp³-hybridized carbons (Fsp3) is 0.211. The molecule has 0 aliphatic rings. The Morgan fingerprint density at radius 1 is 1.19 bits per heavy atom. The number of hydrogen-bond donors (Lipinski definition) is 1. The van der Waals surface area contributed by atoms with Crippen molar-refractivity contribution in [1.29, 1.82) is 0 Å². The molecule has 1 N–H and O–H groups in total. The number of nitrogens with zero attached hydrogens (tertiary/aromatic N) is 3. The summed E-state index contributed by atoms with van der Waals surface area (Å²) in [7, 11) is -3.76. The van der Waals surface area contributed by atoms with Crippen LogP contribution in [0.3, 0.4) is 0 Å². The molecule has 0 unspecified atom stereocenters. The van der Waals surface area contributed by atoms with Crippen molar-refractivity contribution in [1.82, 2.24) is 14.9 Å². The van der Waals surface area contributed by atoms with E-state index in [1.807, 2.05) is 0 Å². The van der Waals surface area contributed by atoms with E-state index in [1.165, 1.54) is 48.5 Å². The summed E-state index contributed by atoms with van der Waals surface area (Å²) in [5, 5.41) is 18.3. The van der Waals surface area contributed by atoms with Gasteiger partial charge in [-0.1, -0.05) is 6.07 Å². The largest absolute Gasteiger partial charge is 0.452 e. The maximum absolute atomic E-state index is 12.3. The molecule has 0 amide bonds. The van der Waals surface area contributed by atoms with Gasteiger partial charge in [-0.25, -0.2) is 17.9 Å². The molecule has 31 heavy (non-hydrogen) atoms. The van der Waals surface area contributed by atoms with Crippen LogP contribution in [0.5, 0.6) is 0 Å². The van der Waals surface area contributed by atoms with Crippen LogP contribution in [0.4, 0.5) is 5.69 Å². The molecule has 1 heterocycles. The summed E-state index contributed by atoms with van der Waals surface area (Å²) in [6, 6.07) is 10.7. The number of carbonyl (C=O) groups excluding carboxylic acids is 1. The molecule has 0 saturated heterocycles. The molecule has 0 atom stereocenters. The summed E-state index contributed by atoms with van der Waals surface area (Å²) in [5.41, 5.74) is 0.429. The first-order chi connectivity index (χ1) is 14.7. The van der Waals surface area contributed by atoms with Gasteiger partial charge in [-0.05, 0) is 44.2 Å². The minimum absolute atomic E-state index is 0.00644. The smallest absolute Gasteiger partial charge is 0.338 e. The number of sulfonamides is 1. The third-order valence-corrected chi connectivity index (χ3v) is 5.55. The van der Waals surface area contributed by atoms with Crippen molar-refractivity contribution in [2.45, 2.75) is 31.4 Å². The summed E-state index contributed by atoms with van der Waals surface area (Å²) >= 11 is 0. The number of hydrogen-bond acceptors (Lipinski definition) is 9. The number of nitro benzene ring substituents is 1. The molecule has 0 bridgehead atoms. The zero-order valence-corrected chi connectivity index (χ0v) is 17.3. The summed E-state index contributed by atoms with van der Waals surface area (Å²) in [4.78, 5) is 22.4. The number of aromatic nitrogens is 2. The minimum Gasteiger partial charge on any atom is -0.452 e. The molecular weight excluding hydrogens is 428 g/mol. The van der Waals surface area contributed by atoms with E-state index < -0.39 is 20.9 Å². The number of nitrogens with one attached hydrogen (secondary N) is 1. The molecule has 0 aliphatic carbocycles. The van der Waals surface area contributed by atoms with Crippen molar-refractivity contribution in [3.63, 3.8) is 0 Å². The predicted octanol–water partition coefficient (Wildman–Crippen LogP) is 2.69. The lowest BCUT2D eigenvalue weighted by Gasteiger charge is -2.10. The number of ether oxygens (including phenoxy) is 1. The Bertz CT molecular complexity index is 1200. The van der Waals surface area contributed by atoms with Crippen LogP contribution in [-0.2, 0) is 21.4 Å². The Kier molecular flexibility index (Phi) is 6.42. The number of carbonyl (C=O) groups is 1. The Labute approximate surface area is 177 Å². The van der Waals surface area contributed by atoms with E-state index in [-0.39, 0.29) is 40.6 Å². The van der Waals surface area contributed by atoms with Crippen molar-refractivity contribution in [3.8, 4) is 11.5 Å². The third-order valence-electron chi connectivity index (χ3n) is 3.89. The average molecular weight is 446 g/mol. The van der Waals surface area contributed by atoms with Crippen molar-refractivity contribution in [2.75, 3.05) is 0 Å². The van der Waals surface area contributed by atoms with Crippen LogP contribution in [0.2, 0.25) is 0 Å². The maximum atomic E-state index is 12.3. The van der Waals surface area contributed by atoms with Crippen molar-refractivity contribution >= 4 is 21.7 Å². The number of nitro groups is 1. The highest BCUT2D eigenvalue weighted by atomic mass is 32.2. The topological polar surface area (TPSA) is 155 Å². The highest BCUT2D eigenvalue weighted by molar-refractivity contribution is 7.89. The molecule has 0 radical (unpaired) electrons. The maximum Gasteiger partial charge on any atom is 0.338 e. The van der Waals surface area contributed by atoms with E-state index in [9.17, 15) is 23.3 Å². The van der Waals surface area contributed by atoms with Crippen LogP contribution < -0.4 is 4.72 Å². The molecule has 0 saturated carbocycles. The predicted molar refractivity (Wildman–Crippen MR) is 107 cm³/mol. The van der Waals surface area contributed by atoms with Crippen LogP contribution in [0.15, 0.2) is 57.8 Å². The van der Waals surface area contributed by atoms with E-state index in [4.69, 9.17) is 9.15 Å². The second-order valence-electron chi connectivity index (χ2n) is 6.68. The average Bonchev–Trinajstić information content (AvgIpc) is 3.20. The molecule has 162 valence electrons. The second-order valence-corrected chi connectivity index (χ2v) is 8.40. The fourth-order valence-electron chi connectivity index (χ4n) is 2.53. The molecule has 3 rings (SSSR count). The lowest BCUT2D eigenvalue weighted by molar-refractivity contribution is -0.384. The van der Waals surface area contributed by atoms with Crippen molar-refractivity contribution in [2.24, 2.45) is 0 Å². The lowest BCUT2D eigenvalue weighted by atomic mass is 10.2. The SMILES string of the molecule is CC(C)NS(=O)(=O)c1cccc(C(=O)OCc2nnc(-c3ccc([N+](=O)[O-])cc3)o2)c1. The van der Waals surface area contributed by atoms with E-state index in [1.54, 1.807) is 13.8 Å². The zero-order chi connectivity index (χ0) is 22.6. The Hall–Kier alpha value is -3.64. The second kappa shape index (κ2) is 9.02. The molecule has 2 aromatic carbocycles. The van der Waals surface area contributed by atoms with Gasteiger partial charge in [0, 0.05) is 23.7 Å². The first kappa shape index (κ1) is 22.1. The number of esters is 1. The number of non-ortho nitro benzene ring substituents is 1. The van der Waals surface area contributed by atoms with Crippen LogP contribution in [0.25, 0.3) is 11.5 Å². The molecule has 0 aliphatic heterocycles. The molecule has 11 nitrogen and oxygen atoms in total. The standard InChI is InChI=1S/C19H18N4O7S/c1-12(2)22-31(27,28)16-5-3-4-14(10-16)19(24)29-11-17-20-21-18(30-17)13-6-8-15(9-7-13)23(25)26/h3-10,12,22H,11H2,1-2H3. The quantitative estimate of drug-likeness (QED) is 0.312. The van der Waals surface area contributed by atoms with Gasteiger partial charge in [0.15, 0.2) is 6.61 Å². The van der Waals surface area contributed by atoms with Crippen LogP contribution in [-0.4, -0.2) is 35.5 Å². The summed E-state index contributed by atoms with van der Waals surface area (Å²) in [5.74, 6) is -0.655. The molecule has 1 aromatic heterocycles. The van der Waals surface area contributed by atoms with Gasteiger partial charge in [0.25, 0.3) is 11.6 Å². The zero-order valence-electron chi connectivity index (χ0n) is 16.5. The van der Waals surface area contributed by atoms with E-state index in [2.05, 4.69) is 14.9 Å². The third kappa shape index (κ3) is 5.49. The molecule has 12 heteroatoms. The first-order valence-corrected chi connectivity index (χ1v) is 10.5. The highest BCUT2D eigenvalue weighted by Crippen LogP contribution is 2.21. The molecule has 0 spiro atoms. The number of benzene rings is 2. The van der Waals surface area contributed by atoms with E-state index >= 15 is 0 Å². The molecule has 3 aromatic rings. The van der Waals surface area contributed by atoms with E-state index in [0.717, 1.165) is 0 Å². The van der Waals surface area contributed by atoms with Gasteiger partial charge < -0.3 is 9.15 Å². The van der Waals surface area contributed by atoms with Gasteiger partial charge in [0.1, 0.15) is 0 Å². The van der Waals surface area contributed by atoms with E-state index in [0.29, 0.717) is 5.56 Å². The van der Waals surface area contributed by atoms with Crippen LogP contribution >= 0.6 is 0 Å². The minimum atomic E-state index is -3.76. The van der Waals surface area contributed by atoms with Crippen LogP contribution in [0, 0.1) is 10.1 Å². The summed E-state index contributed by atoms with van der Waals surface area (Å²) in [6.45, 7) is 3.04. The summed E-state index contributed by atoms with van der Waals surface area (Å²) < 4.78 is 37.5. The number of rotatable bonds is 8. The van der Waals surface area contributed by atoms with Gasteiger partial charge >= 0.3 is 5.97 Å². The van der Waals surface area contributed by atoms with Crippen molar-refractivity contribution in [3.05, 3.63) is 70.1 Å². The Morgan fingerprint density at radius 3 is 2.55 bits per heavy atom. The molecular formula is C19H18N4O7S. The van der Waals surface area contributed by atoms with Gasteiger partial charge in [0.2, 0.25) is 15.9 Å². The lowest BCUT2D eigenvalue weighted by Crippen LogP contribution is -2.30. The summed E-state index contributed by atoms with van der Waals surface area (Å²) in [6.07, 6.45) is 0. The Balaban J connectivity index is 1.67. The van der Waals surface area contributed by atoms with Gasteiger partial charge in [0.05, 0.1) is 15.4 Å².